The van der Waals surface area contributed by atoms with Gasteiger partial charge in [-0.25, -0.2) is 13.6 Å². The van der Waals surface area contributed by atoms with Crippen molar-refractivity contribution in [3.05, 3.63) is 71.3 Å². The second-order valence-electron chi connectivity index (χ2n) is 9.75. The van der Waals surface area contributed by atoms with Crippen LogP contribution in [0, 0.1) is 34.8 Å². The van der Waals surface area contributed by atoms with E-state index in [1.807, 2.05) is 13.8 Å². The number of rotatable bonds is 10. The topological polar surface area (TPSA) is 55.4 Å². The number of ether oxygens (including phenoxy) is 1. The number of esters is 1. The molecule has 0 saturated heterocycles. The Hall–Kier alpha value is -2.76. The molecular formula is C27H35F2NO3. The minimum atomic E-state index is -0.548. The van der Waals surface area contributed by atoms with Crippen LogP contribution in [0.1, 0.15) is 68.7 Å². The van der Waals surface area contributed by atoms with Crippen molar-refractivity contribution in [1.29, 1.82) is 0 Å². The Morgan fingerprint density at radius 2 is 1.33 bits per heavy atom. The smallest absolute Gasteiger partial charge is 0.338 e. The highest BCUT2D eigenvalue weighted by Crippen LogP contribution is 2.42. The number of carbonyl (C=O) groups excluding carboxylic acids is 2. The summed E-state index contributed by atoms with van der Waals surface area (Å²) in [5.41, 5.74) is 0.0934. The van der Waals surface area contributed by atoms with Gasteiger partial charge in [-0.2, -0.15) is 0 Å². The van der Waals surface area contributed by atoms with E-state index in [9.17, 15) is 18.4 Å². The van der Waals surface area contributed by atoms with E-state index in [4.69, 9.17) is 4.74 Å². The van der Waals surface area contributed by atoms with Crippen molar-refractivity contribution in [3.63, 3.8) is 0 Å². The molecule has 0 spiro atoms. The lowest BCUT2D eigenvalue weighted by Gasteiger charge is -2.46. The van der Waals surface area contributed by atoms with Crippen molar-refractivity contribution in [2.24, 2.45) is 23.2 Å². The van der Waals surface area contributed by atoms with Crippen LogP contribution >= 0.6 is 0 Å². The first kappa shape index (κ1) is 26.5. The average Bonchev–Trinajstić information content (AvgIpc) is 2.75. The lowest BCUT2D eigenvalue weighted by Crippen LogP contribution is -2.53. The predicted octanol–water partition coefficient (Wildman–Crippen LogP) is 6.26. The monoisotopic (exact) mass is 459 g/mol. The zero-order valence-electron chi connectivity index (χ0n) is 20.3. The molecule has 0 bridgehead atoms. The summed E-state index contributed by atoms with van der Waals surface area (Å²) in [7, 11) is 0. The van der Waals surface area contributed by atoms with Crippen LogP contribution < -0.4 is 5.32 Å². The summed E-state index contributed by atoms with van der Waals surface area (Å²) in [6.45, 7) is 12.6. The Balaban J connectivity index is 2.35. The van der Waals surface area contributed by atoms with E-state index in [1.165, 1.54) is 48.5 Å². The summed E-state index contributed by atoms with van der Waals surface area (Å²) < 4.78 is 32.6. The molecule has 0 aliphatic heterocycles. The maximum absolute atomic E-state index is 13.3. The molecule has 0 aliphatic rings. The highest BCUT2D eigenvalue weighted by molar-refractivity contribution is 5.94. The van der Waals surface area contributed by atoms with E-state index in [0.29, 0.717) is 18.5 Å². The zero-order valence-corrected chi connectivity index (χ0v) is 20.3. The maximum atomic E-state index is 13.3. The molecule has 4 nitrogen and oxygen atoms in total. The van der Waals surface area contributed by atoms with Gasteiger partial charge < -0.3 is 10.1 Å². The van der Waals surface area contributed by atoms with Crippen molar-refractivity contribution in [2.45, 2.75) is 54.1 Å². The fourth-order valence-corrected chi connectivity index (χ4v) is 4.45. The largest absolute Gasteiger partial charge is 0.458 e. The van der Waals surface area contributed by atoms with E-state index in [-0.39, 0.29) is 29.2 Å². The van der Waals surface area contributed by atoms with Crippen molar-refractivity contribution < 1.29 is 23.1 Å². The number of carbonyl (C=O) groups is 2. The molecule has 6 heteroatoms. The fourth-order valence-electron chi connectivity index (χ4n) is 4.45. The maximum Gasteiger partial charge on any atom is 0.338 e. The molecule has 0 heterocycles. The van der Waals surface area contributed by atoms with Gasteiger partial charge in [-0.3, -0.25) is 4.79 Å². The molecule has 0 radical (unpaired) electrons. The van der Waals surface area contributed by atoms with E-state index in [1.54, 1.807) is 0 Å². The molecule has 2 atom stereocenters. The molecule has 2 rings (SSSR count). The quantitative estimate of drug-likeness (QED) is 0.426. The third-order valence-corrected chi connectivity index (χ3v) is 6.11. The zero-order chi connectivity index (χ0) is 24.8. The predicted molar refractivity (Wildman–Crippen MR) is 126 cm³/mol. The van der Waals surface area contributed by atoms with Crippen molar-refractivity contribution in [2.75, 3.05) is 6.54 Å². The highest BCUT2D eigenvalue weighted by atomic mass is 19.1. The van der Waals surface area contributed by atoms with Gasteiger partial charge in [0.05, 0.1) is 5.56 Å². The van der Waals surface area contributed by atoms with Crippen LogP contribution in [0.3, 0.4) is 0 Å². The van der Waals surface area contributed by atoms with Gasteiger partial charge in [-0.15, -0.1) is 0 Å². The van der Waals surface area contributed by atoms with Crippen LogP contribution in [0.15, 0.2) is 48.5 Å². The minimum absolute atomic E-state index is 0.0294. The number of amides is 1. The van der Waals surface area contributed by atoms with Crippen molar-refractivity contribution in [1.82, 2.24) is 5.32 Å². The van der Waals surface area contributed by atoms with Crippen molar-refractivity contribution in [3.8, 4) is 0 Å². The summed E-state index contributed by atoms with van der Waals surface area (Å²) in [4.78, 5) is 25.8. The van der Waals surface area contributed by atoms with Gasteiger partial charge in [-0.1, -0.05) is 41.5 Å². The van der Waals surface area contributed by atoms with Crippen LogP contribution in [0.2, 0.25) is 0 Å². The Kier molecular flexibility index (Phi) is 9.15. The summed E-state index contributed by atoms with van der Waals surface area (Å²) >= 11 is 0. The van der Waals surface area contributed by atoms with Crippen LogP contribution in [0.4, 0.5) is 8.78 Å². The molecule has 2 unspecified atom stereocenters. The lowest BCUT2D eigenvalue weighted by atomic mass is 9.65. The van der Waals surface area contributed by atoms with E-state index >= 15 is 0 Å². The molecule has 0 fully saturated rings. The second kappa shape index (κ2) is 11.4. The van der Waals surface area contributed by atoms with Gasteiger partial charge in [-0.05, 0) is 72.7 Å². The summed E-state index contributed by atoms with van der Waals surface area (Å²) in [6.07, 6.45) is 0.222. The number of benzene rings is 2. The molecule has 1 N–H and O–H groups in total. The molecule has 1 amide bonds. The third kappa shape index (κ3) is 6.86. The Labute approximate surface area is 195 Å². The van der Waals surface area contributed by atoms with Crippen LogP contribution in [-0.2, 0) is 4.74 Å². The standard InChI is InChI=1S/C27H35F2NO3/c1-17(2)15-27(19(5)6,16-30-25(31)20-7-11-22(28)12-8-20)24(18(3)4)33-26(32)21-9-13-23(29)14-10-21/h7-14,17-19,24H,15-16H2,1-6H3,(H,30,31). The summed E-state index contributed by atoms with van der Waals surface area (Å²) in [6, 6.07) is 10.7. The lowest BCUT2D eigenvalue weighted by molar-refractivity contribution is -0.0689. The molecule has 2 aromatic carbocycles. The van der Waals surface area contributed by atoms with E-state index in [2.05, 4.69) is 33.0 Å². The Bertz CT molecular complexity index is 923. The van der Waals surface area contributed by atoms with Crippen LogP contribution in [0.5, 0.6) is 0 Å². The first-order valence-electron chi connectivity index (χ1n) is 11.5. The van der Waals surface area contributed by atoms with Crippen LogP contribution in [0.25, 0.3) is 0 Å². The number of hydrogen-bond acceptors (Lipinski definition) is 3. The van der Waals surface area contributed by atoms with Gasteiger partial charge in [0.2, 0.25) is 0 Å². The minimum Gasteiger partial charge on any atom is -0.458 e. The number of halogens is 2. The van der Waals surface area contributed by atoms with Gasteiger partial charge in [0.1, 0.15) is 17.7 Å². The number of hydrogen-bond donors (Lipinski definition) is 1. The van der Waals surface area contributed by atoms with Gasteiger partial charge in [0.15, 0.2) is 0 Å². The first-order chi connectivity index (χ1) is 15.5. The van der Waals surface area contributed by atoms with Gasteiger partial charge >= 0.3 is 5.97 Å². The Morgan fingerprint density at radius 1 is 0.848 bits per heavy atom. The highest BCUT2D eigenvalue weighted by Gasteiger charge is 2.46. The van der Waals surface area contributed by atoms with E-state index < -0.39 is 29.1 Å². The van der Waals surface area contributed by atoms with Gasteiger partial charge in [0, 0.05) is 17.5 Å². The summed E-state index contributed by atoms with van der Waals surface area (Å²) in [5.74, 6) is -1.34. The molecule has 0 saturated carbocycles. The first-order valence-corrected chi connectivity index (χ1v) is 11.5. The second-order valence-corrected chi connectivity index (χ2v) is 9.75. The van der Waals surface area contributed by atoms with Crippen molar-refractivity contribution >= 4 is 11.9 Å². The SMILES string of the molecule is CC(C)CC(CNC(=O)c1ccc(F)cc1)(C(C)C)C(OC(=O)c1ccc(F)cc1)C(C)C. The molecule has 0 aromatic heterocycles. The molecule has 2 aromatic rings. The van der Waals surface area contributed by atoms with Crippen LogP contribution in [-0.4, -0.2) is 24.5 Å². The Morgan fingerprint density at radius 3 is 1.76 bits per heavy atom. The molecular weight excluding hydrogens is 424 g/mol. The molecule has 180 valence electrons. The normalized spacial score (nSPS) is 14.3. The fraction of sp³-hybridized carbons (Fsp3) is 0.481. The molecule has 0 aliphatic carbocycles. The number of nitrogens with one attached hydrogen (secondary N) is 1. The third-order valence-electron chi connectivity index (χ3n) is 6.11. The summed E-state index contributed by atoms with van der Waals surface area (Å²) in [5, 5.41) is 3.00. The average molecular weight is 460 g/mol. The molecule has 33 heavy (non-hydrogen) atoms. The van der Waals surface area contributed by atoms with Gasteiger partial charge in [0.25, 0.3) is 5.91 Å². The van der Waals surface area contributed by atoms with E-state index in [0.717, 1.165) is 0 Å².